The van der Waals surface area contributed by atoms with Gasteiger partial charge in [0.1, 0.15) is 6.04 Å². The van der Waals surface area contributed by atoms with Crippen LogP contribution < -0.4 is 0 Å². The van der Waals surface area contributed by atoms with E-state index in [0.29, 0.717) is 0 Å². The quantitative estimate of drug-likeness (QED) is 0.618. The molecule has 0 aliphatic carbocycles. The van der Waals surface area contributed by atoms with Crippen molar-refractivity contribution in [3.63, 3.8) is 0 Å². The van der Waals surface area contributed by atoms with E-state index in [1.54, 1.807) is 11.9 Å². The maximum absolute atomic E-state index is 10.6. The fourth-order valence-corrected chi connectivity index (χ4v) is 0.762. The number of carbonyl (C=O) groups is 1. The lowest BCUT2D eigenvalue weighted by Crippen LogP contribution is -2.40. The molecule has 1 atom stereocenters. The summed E-state index contributed by atoms with van der Waals surface area (Å²) >= 11 is 0. The SMILES string of the molecule is C=CC(C(=O)O)N(C)C(C)C. The van der Waals surface area contributed by atoms with E-state index < -0.39 is 12.0 Å². The van der Waals surface area contributed by atoms with Crippen molar-refractivity contribution in [1.82, 2.24) is 4.90 Å². The van der Waals surface area contributed by atoms with Gasteiger partial charge in [0.2, 0.25) is 0 Å². The van der Waals surface area contributed by atoms with E-state index in [2.05, 4.69) is 6.58 Å². The van der Waals surface area contributed by atoms with Gasteiger partial charge in [0.25, 0.3) is 0 Å². The zero-order valence-corrected chi connectivity index (χ0v) is 7.24. The van der Waals surface area contributed by atoms with Gasteiger partial charge in [-0.1, -0.05) is 6.08 Å². The average Bonchev–Trinajstić information content (AvgIpc) is 1.88. The molecule has 3 heteroatoms. The van der Waals surface area contributed by atoms with Crippen molar-refractivity contribution in [3.8, 4) is 0 Å². The largest absolute Gasteiger partial charge is 0.480 e. The van der Waals surface area contributed by atoms with E-state index in [1.807, 2.05) is 13.8 Å². The number of aliphatic carboxylic acids is 1. The normalized spacial score (nSPS) is 13.5. The summed E-state index contributed by atoms with van der Waals surface area (Å²) in [5.74, 6) is -0.851. The van der Waals surface area contributed by atoms with Crippen LogP contribution >= 0.6 is 0 Å². The second-order valence-corrected chi connectivity index (χ2v) is 2.78. The standard InChI is InChI=1S/C8H15NO2/c1-5-7(8(10)11)9(4)6(2)3/h5-7H,1H2,2-4H3,(H,10,11). The molecule has 11 heavy (non-hydrogen) atoms. The molecule has 0 spiro atoms. The molecule has 0 radical (unpaired) electrons. The third kappa shape index (κ3) is 2.72. The minimum Gasteiger partial charge on any atom is -0.480 e. The van der Waals surface area contributed by atoms with Crippen LogP contribution in [0.4, 0.5) is 0 Å². The summed E-state index contributed by atoms with van der Waals surface area (Å²) in [7, 11) is 1.77. The molecule has 0 saturated heterocycles. The monoisotopic (exact) mass is 157 g/mol. The average molecular weight is 157 g/mol. The van der Waals surface area contributed by atoms with E-state index >= 15 is 0 Å². The predicted octanol–water partition coefficient (Wildman–Crippen LogP) is 0.966. The summed E-state index contributed by atoms with van der Waals surface area (Å²) in [4.78, 5) is 12.3. The molecule has 0 fully saturated rings. The van der Waals surface area contributed by atoms with Gasteiger partial charge in [-0.05, 0) is 20.9 Å². The highest BCUT2D eigenvalue weighted by atomic mass is 16.4. The van der Waals surface area contributed by atoms with Gasteiger partial charge in [0.15, 0.2) is 0 Å². The zero-order chi connectivity index (χ0) is 9.02. The Morgan fingerprint density at radius 1 is 1.64 bits per heavy atom. The minimum absolute atomic E-state index is 0.217. The van der Waals surface area contributed by atoms with Gasteiger partial charge in [0.05, 0.1) is 0 Å². The Labute approximate surface area is 67.3 Å². The van der Waals surface area contributed by atoms with Crippen molar-refractivity contribution in [2.45, 2.75) is 25.9 Å². The lowest BCUT2D eigenvalue weighted by molar-refractivity contribution is -0.141. The maximum Gasteiger partial charge on any atom is 0.324 e. The summed E-state index contributed by atoms with van der Waals surface area (Å²) in [6.07, 6.45) is 1.43. The Kier molecular flexibility index (Phi) is 3.82. The molecule has 0 saturated carbocycles. The third-order valence-corrected chi connectivity index (χ3v) is 1.73. The third-order valence-electron chi connectivity index (χ3n) is 1.73. The molecule has 0 heterocycles. The zero-order valence-electron chi connectivity index (χ0n) is 7.24. The fourth-order valence-electron chi connectivity index (χ4n) is 0.762. The Morgan fingerprint density at radius 2 is 2.09 bits per heavy atom. The molecule has 64 valence electrons. The predicted molar refractivity (Wildman–Crippen MR) is 44.5 cm³/mol. The Balaban J connectivity index is 4.25. The lowest BCUT2D eigenvalue weighted by atomic mass is 10.2. The van der Waals surface area contributed by atoms with Gasteiger partial charge in [-0.15, -0.1) is 6.58 Å². The van der Waals surface area contributed by atoms with Gasteiger partial charge in [-0.3, -0.25) is 9.69 Å². The van der Waals surface area contributed by atoms with Crippen molar-refractivity contribution in [2.24, 2.45) is 0 Å². The van der Waals surface area contributed by atoms with Crippen LogP contribution in [0, 0.1) is 0 Å². The fraction of sp³-hybridized carbons (Fsp3) is 0.625. The topological polar surface area (TPSA) is 40.5 Å². The van der Waals surface area contributed by atoms with Crippen LogP contribution in [0.2, 0.25) is 0 Å². The maximum atomic E-state index is 10.6. The van der Waals surface area contributed by atoms with Crippen LogP contribution in [0.1, 0.15) is 13.8 Å². The molecular weight excluding hydrogens is 142 g/mol. The molecule has 3 nitrogen and oxygen atoms in total. The number of likely N-dealkylation sites (N-methyl/N-ethyl adjacent to an activating group) is 1. The summed E-state index contributed by atoms with van der Waals surface area (Å²) < 4.78 is 0. The number of hydrogen-bond acceptors (Lipinski definition) is 2. The second kappa shape index (κ2) is 4.13. The lowest BCUT2D eigenvalue weighted by Gasteiger charge is -2.25. The first-order chi connectivity index (χ1) is 5.00. The molecule has 0 aliphatic rings. The number of nitrogens with zero attached hydrogens (tertiary/aromatic N) is 1. The highest BCUT2D eigenvalue weighted by Crippen LogP contribution is 2.02. The number of carboxylic acids is 1. The summed E-state index contributed by atoms with van der Waals surface area (Å²) in [5.41, 5.74) is 0. The molecular formula is C8H15NO2. The van der Waals surface area contributed by atoms with E-state index in [4.69, 9.17) is 5.11 Å². The Bertz CT molecular complexity index is 154. The van der Waals surface area contributed by atoms with Crippen LogP contribution in [-0.4, -0.2) is 35.1 Å². The smallest absolute Gasteiger partial charge is 0.324 e. The molecule has 1 N–H and O–H groups in total. The van der Waals surface area contributed by atoms with Crippen molar-refractivity contribution in [2.75, 3.05) is 7.05 Å². The first kappa shape index (κ1) is 10.2. The summed E-state index contributed by atoms with van der Waals surface area (Å²) in [6, 6.07) is -0.357. The van der Waals surface area contributed by atoms with Gasteiger partial charge < -0.3 is 5.11 Å². The Hall–Kier alpha value is -0.830. The van der Waals surface area contributed by atoms with Crippen LogP contribution in [0.25, 0.3) is 0 Å². The molecule has 0 rings (SSSR count). The van der Waals surface area contributed by atoms with Crippen LogP contribution in [0.15, 0.2) is 12.7 Å². The van der Waals surface area contributed by atoms with Gasteiger partial charge in [-0.25, -0.2) is 0 Å². The first-order valence-electron chi connectivity index (χ1n) is 3.58. The molecule has 0 bridgehead atoms. The highest BCUT2D eigenvalue weighted by molar-refractivity contribution is 5.75. The van der Waals surface area contributed by atoms with Crippen molar-refractivity contribution in [1.29, 1.82) is 0 Å². The number of rotatable bonds is 4. The van der Waals surface area contributed by atoms with Crippen molar-refractivity contribution < 1.29 is 9.90 Å². The summed E-state index contributed by atoms with van der Waals surface area (Å²) in [6.45, 7) is 7.35. The van der Waals surface area contributed by atoms with Crippen molar-refractivity contribution >= 4 is 5.97 Å². The highest BCUT2D eigenvalue weighted by Gasteiger charge is 2.20. The van der Waals surface area contributed by atoms with Crippen molar-refractivity contribution in [3.05, 3.63) is 12.7 Å². The molecule has 0 aliphatic heterocycles. The molecule has 1 unspecified atom stereocenters. The van der Waals surface area contributed by atoms with Gasteiger partial charge >= 0.3 is 5.97 Å². The number of hydrogen-bond donors (Lipinski definition) is 1. The van der Waals surface area contributed by atoms with Crippen LogP contribution in [0.3, 0.4) is 0 Å². The van der Waals surface area contributed by atoms with E-state index in [-0.39, 0.29) is 6.04 Å². The molecule has 0 aromatic rings. The molecule has 0 amide bonds. The van der Waals surface area contributed by atoms with E-state index in [1.165, 1.54) is 6.08 Å². The van der Waals surface area contributed by atoms with Gasteiger partial charge in [-0.2, -0.15) is 0 Å². The second-order valence-electron chi connectivity index (χ2n) is 2.78. The molecule has 0 aromatic carbocycles. The first-order valence-corrected chi connectivity index (χ1v) is 3.58. The minimum atomic E-state index is -0.851. The summed E-state index contributed by atoms with van der Waals surface area (Å²) in [5, 5.41) is 8.68. The Morgan fingerprint density at radius 3 is 2.18 bits per heavy atom. The van der Waals surface area contributed by atoms with Crippen LogP contribution in [-0.2, 0) is 4.79 Å². The molecule has 0 aromatic heterocycles. The van der Waals surface area contributed by atoms with Crippen LogP contribution in [0.5, 0.6) is 0 Å². The number of carboxylic acid groups (broad SMARTS) is 1. The van der Waals surface area contributed by atoms with E-state index in [9.17, 15) is 4.79 Å². The van der Waals surface area contributed by atoms with Gasteiger partial charge in [0, 0.05) is 6.04 Å². The van der Waals surface area contributed by atoms with E-state index in [0.717, 1.165) is 0 Å².